The van der Waals surface area contributed by atoms with Crippen LogP contribution in [0.3, 0.4) is 0 Å². The fourth-order valence-corrected chi connectivity index (χ4v) is 2.43. The number of nitrogens with one attached hydrogen (secondary N) is 1. The summed E-state index contributed by atoms with van der Waals surface area (Å²) in [4.78, 5) is 13.1. The number of furan rings is 1. The molecule has 0 spiro atoms. The first-order valence-electron chi connectivity index (χ1n) is 5.87. The third kappa shape index (κ3) is 3.33. The fraction of sp³-hybridized carbons (Fsp3) is 0.583. The van der Waals surface area contributed by atoms with Crippen molar-refractivity contribution >= 4 is 21.8 Å². The van der Waals surface area contributed by atoms with Crippen molar-refractivity contribution in [3.05, 3.63) is 22.6 Å². The largest absolute Gasteiger partial charge is 0.467 e. The second-order valence-corrected chi connectivity index (χ2v) is 5.21. The molecule has 1 aromatic rings. The molecular formula is C12H17BrN2O2. The van der Waals surface area contributed by atoms with Gasteiger partial charge >= 0.3 is 0 Å². The topological polar surface area (TPSA) is 45.5 Å². The van der Waals surface area contributed by atoms with Gasteiger partial charge in [-0.3, -0.25) is 4.79 Å². The molecule has 1 N–H and O–H groups in total. The van der Waals surface area contributed by atoms with Gasteiger partial charge in [0, 0.05) is 26.1 Å². The maximum Gasteiger partial charge on any atom is 0.219 e. The van der Waals surface area contributed by atoms with Crippen LogP contribution in [0.15, 0.2) is 21.2 Å². The van der Waals surface area contributed by atoms with E-state index in [4.69, 9.17) is 4.42 Å². The van der Waals surface area contributed by atoms with Crippen LogP contribution in [0.25, 0.3) is 0 Å². The molecule has 0 unspecified atom stereocenters. The summed E-state index contributed by atoms with van der Waals surface area (Å²) in [7, 11) is 0. The van der Waals surface area contributed by atoms with Crippen LogP contribution in [0.5, 0.6) is 0 Å². The van der Waals surface area contributed by atoms with E-state index in [0.717, 1.165) is 42.7 Å². The van der Waals surface area contributed by atoms with E-state index >= 15 is 0 Å². The van der Waals surface area contributed by atoms with Gasteiger partial charge in [0.2, 0.25) is 5.91 Å². The molecule has 1 aliphatic heterocycles. The number of amides is 1. The first-order valence-corrected chi connectivity index (χ1v) is 6.67. The molecule has 1 aromatic heterocycles. The second kappa shape index (κ2) is 5.69. The van der Waals surface area contributed by atoms with Gasteiger partial charge in [0.15, 0.2) is 0 Å². The van der Waals surface area contributed by atoms with Gasteiger partial charge in [-0.2, -0.15) is 0 Å². The highest BCUT2D eigenvalue weighted by molar-refractivity contribution is 9.10. The zero-order chi connectivity index (χ0) is 12.3. The van der Waals surface area contributed by atoms with Crippen LogP contribution in [0.2, 0.25) is 0 Å². The highest BCUT2D eigenvalue weighted by Gasteiger charge is 2.20. The number of hydrogen-bond acceptors (Lipinski definition) is 3. The molecule has 1 fully saturated rings. The Labute approximate surface area is 109 Å². The monoisotopic (exact) mass is 300 g/mol. The second-order valence-electron chi connectivity index (χ2n) is 4.35. The lowest BCUT2D eigenvalue weighted by Crippen LogP contribution is -2.43. The SMILES string of the molecule is CC(=O)N1CCC(NCc2occc2Br)CC1. The number of nitrogens with zero attached hydrogens (tertiary/aromatic N) is 1. The molecule has 5 heteroatoms. The van der Waals surface area contributed by atoms with E-state index < -0.39 is 0 Å². The van der Waals surface area contributed by atoms with Gasteiger partial charge in [0.25, 0.3) is 0 Å². The number of rotatable bonds is 3. The summed E-state index contributed by atoms with van der Waals surface area (Å²) in [5.41, 5.74) is 0. The summed E-state index contributed by atoms with van der Waals surface area (Å²) in [6, 6.07) is 2.37. The van der Waals surface area contributed by atoms with Crippen LogP contribution in [0.4, 0.5) is 0 Å². The van der Waals surface area contributed by atoms with Crippen LogP contribution in [-0.2, 0) is 11.3 Å². The lowest BCUT2D eigenvalue weighted by Gasteiger charge is -2.31. The van der Waals surface area contributed by atoms with Crippen molar-refractivity contribution in [3.8, 4) is 0 Å². The van der Waals surface area contributed by atoms with Gasteiger partial charge in [0.1, 0.15) is 5.76 Å². The summed E-state index contributed by atoms with van der Waals surface area (Å²) >= 11 is 3.43. The Kier molecular flexibility index (Phi) is 4.23. The van der Waals surface area contributed by atoms with Gasteiger partial charge in [-0.05, 0) is 34.8 Å². The summed E-state index contributed by atoms with van der Waals surface area (Å²) in [5, 5.41) is 3.46. The quantitative estimate of drug-likeness (QED) is 0.930. The Morgan fingerprint density at radius 1 is 1.59 bits per heavy atom. The number of hydrogen-bond donors (Lipinski definition) is 1. The molecule has 0 atom stereocenters. The van der Waals surface area contributed by atoms with Crippen molar-refractivity contribution < 1.29 is 9.21 Å². The molecule has 0 aliphatic carbocycles. The summed E-state index contributed by atoms with van der Waals surface area (Å²) in [5.74, 6) is 1.11. The summed E-state index contributed by atoms with van der Waals surface area (Å²) < 4.78 is 6.35. The minimum Gasteiger partial charge on any atom is -0.467 e. The van der Waals surface area contributed by atoms with Crippen molar-refractivity contribution in [2.75, 3.05) is 13.1 Å². The predicted molar refractivity (Wildman–Crippen MR) is 68.5 cm³/mol. The van der Waals surface area contributed by atoms with Crippen LogP contribution < -0.4 is 5.32 Å². The lowest BCUT2D eigenvalue weighted by atomic mass is 10.1. The Morgan fingerprint density at radius 2 is 2.29 bits per heavy atom. The van der Waals surface area contributed by atoms with Crippen molar-refractivity contribution in [2.45, 2.75) is 32.4 Å². The first-order chi connectivity index (χ1) is 8.16. The molecule has 1 aliphatic rings. The number of carbonyl (C=O) groups excluding carboxylic acids is 1. The average molecular weight is 301 g/mol. The number of halogens is 1. The molecule has 2 heterocycles. The van der Waals surface area contributed by atoms with E-state index in [2.05, 4.69) is 21.2 Å². The van der Waals surface area contributed by atoms with Gasteiger partial charge < -0.3 is 14.6 Å². The maximum absolute atomic E-state index is 11.2. The van der Waals surface area contributed by atoms with Gasteiger partial charge in [-0.1, -0.05) is 0 Å². The van der Waals surface area contributed by atoms with E-state index in [1.165, 1.54) is 0 Å². The Bertz CT molecular complexity index is 384. The molecule has 1 amide bonds. The number of likely N-dealkylation sites (tertiary alicyclic amines) is 1. The zero-order valence-corrected chi connectivity index (χ0v) is 11.5. The third-order valence-electron chi connectivity index (χ3n) is 3.18. The molecule has 0 saturated carbocycles. The van der Waals surface area contributed by atoms with Gasteiger partial charge in [-0.25, -0.2) is 0 Å². The molecule has 4 nitrogen and oxygen atoms in total. The number of piperidine rings is 1. The Hall–Kier alpha value is -0.810. The molecular weight excluding hydrogens is 284 g/mol. The van der Waals surface area contributed by atoms with E-state index in [0.29, 0.717) is 6.04 Å². The van der Waals surface area contributed by atoms with Crippen molar-refractivity contribution in [1.82, 2.24) is 10.2 Å². The molecule has 1 saturated heterocycles. The van der Waals surface area contributed by atoms with Crippen molar-refractivity contribution in [2.24, 2.45) is 0 Å². The average Bonchev–Trinajstić information content (AvgIpc) is 2.73. The molecule has 2 rings (SSSR count). The lowest BCUT2D eigenvalue weighted by molar-refractivity contribution is -0.129. The fourth-order valence-electron chi connectivity index (χ4n) is 2.09. The predicted octanol–water partition coefficient (Wildman–Crippen LogP) is 2.14. The van der Waals surface area contributed by atoms with Crippen molar-refractivity contribution in [3.63, 3.8) is 0 Å². The maximum atomic E-state index is 11.2. The van der Waals surface area contributed by atoms with Gasteiger partial charge in [0.05, 0.1) is 17.3 Å². The normalized spacial score (nSPS) is 17.4. The van der Waals surface area contributed by atoms with Gasteiger partial charge in [-0.15, -0.1) is 0 Å². The van der Waals surface area contributed by atoms with Crippen LogP contribution in [0, 0.1) is 0 Å². The minimum atomic E-state index is 0.178. The molecule has 0 radical (unpaired) electrons. The summed E-state index contributed by atoms with van der Waals surface area (Å²) in [6.45, 7) is 4.07. The Balaban J connectivity index is 1.75. The zero-order valence-electron chi connectivity index (χ0n) is 9.91. The van der Waals surface area contributed by atoms with E-state index in [-0.39, 0.29) is 5.91 Å². The minimum absolute atomic E-state index is 0.178. The summed E-state index contributed by atoms with van der Waals surface area (Å²) in [6.07, 6.45) is 3.70. The van der Waals surface area contributed by atoms with E-state index in [9.17, 15) is 4.79 Å². The smallest absolute Gasteiger partial charge is 0.219 e. The van der Waals surface area contributed by atoms with Crippen molar-refractivity contribution in [1.29, 1.82) is 0 Å². The van der Waals surface area contributed by atoms with Crippen LogP contribution in [0.1, 0.15) is 25.5 Å². The van der Waals surface area contributed by atoms with E-state index in [1.807, 2.05) is 11.0 Å². The standard InChI is InChI=1S/C12H17BrN2O2/c1-9(16)15-5-2-10(3-6-15)14-8-12-11(13)4-7-17-12/h4,7,10,14H,2-3,5-6,8H2,1H3. The van der Waals surface area contributed by atoms with Crippen LogP contribution >= 0.6 is 15.9 Å². The number of carbonyl (C=O) groups is 1. The highest BCUT2D eigenvalue weighted by Crippen LogP contribution is 2.18. The highest BCUT2D eigenvalue weighted by atomic mass is 79.9. The first kappa shape index (κ1) is 12.6. The van der Waals surface area contributed by atoms with E-state index in [1.54, 1.807) is 13.2 Å². The third-order valence-corrected chi connectivity index (χ3v) is 3.89. The molecule has 0 aromatic carbocycles. The molecule has 0 bridgehead atoms. The Morgan fingerprint density at radius 3 is 2.82 bits per heavy atom. The molecule has 94 valence electrons. The van der Waals surface area contributed by atoms with Crippen LogP contribution in [-0.4, -0.2) is 29.9 Å². The molecule has 17 heavy (non-hydrogen) atoms.